The summed E-state index contributed by atoms with van der Waals surface area (Å²) in [7, 11) is 4.61. The van der Waals surface area contributed by atoms with Gasteiger partial charge in [-0.3, -0.25) is 0 Å². The lowest BCUT2D eigenvalue weighted by Crippen LogP contribution is -2.23. The van der Waals surface area contributed by atoms with Crippen molar-refractivity contribution in [1.82, 2.24) is 5.32 Å². The normalized spacial score (nSPS) is 14.6. The standard InChI is InChI=1S/C18H19N3O3/c1-10-13(8-19)18(14(9-20)11(2)21-10)12-6-16(23-4)17(24-5)7-15(12)22-3/h6-7,18,21H,1-5H3. The Morgan fingerprint density at radius 1 is 0.833 bits per heavy atom. The van der Waals surface area contributed by atoms with Gasteiger partial charge in [-0.25, -0.2) is 0 Å². The average Bonchev–Trinajstić information content (AvgIpc) is 2.59. The van der Waals surface area contributed by atoms with Crippen LogP contribution in [0.1, 0.15) is 25.3 Å². The highest BCUT2D eigenvalue weighted by Gasteiger charge is 2.32. The van der Waals surface area contributed by atoms with E-state index in [1.807, 2.05) is 13.8 Å². The van der Waals surface area contributed by atoms with Gasteiger partial charge < -0.3 is 19.5 Å². The molecule has 0 fully saturated rings. The number of hydrogen-bond acceptors (Lipinski definition) is 6. The Bertz CT molecular complexity index is 774. The van der Waals surface area contributed by atoms with Crippen molar-refractivity contribution in [2.45, 2.75) is 19.8 Å². The number of nitriles is 2. The Hall–Kier alpha value is -3.12. The number of dihydropyridines is 1. The minimum atomic E-state index is -0.518. The first kappa shape index (κ1) is 17.2. The van der Waals surface area contributed by atoms with Crippen LogP contribution in [0.4, 0.5) is 0 Å². The van der Waals surface area contributed by atoms with Gasteiger partial charge >= 0.3 is 0 Å². The monoisotopic (exact) mass is 325 g/mol. The summed E-state index contributed by atoms with van der Waals surface area (Å²) in [4.78, 5) is 0. The second kappa shape index (κ2) is 6.97. The van der Waals surface area contributed by atoms with Crippen molar-refractivity contribution in [2.24, 2.45) is 0 Å². The third kappa shape index (κ3) is 2.75. The Morgan fingerprint density at radius 3 is 1.71 bits per heavy atom. The maximum Gasteiger partial charge on any atom is 0.164 e. The molecule has 0 unspecified atom stereocenters. The smallest absolute Gasteiger partial charge is 0.164 e. The molecule has 0 bridgehead atoms. The maximum atomic E-state index is 9.61. The van der Waals surface area contributed by atoms with E-state index in [1.165, 1.54) is 21.3 Å². The molecule has 0 radical (unpaired) electrons. The zero-order valence-corrected chi connectivity index (χ0v) is 14.4. The minimum absolute atomic E-state index is 0.475. The predicted octanol–water partition coefficient (Wildman–Crippen LogP) is 2.99. The summed E-state index contributed by atoms with van der Waals surface area (Å²) in [5.74, 6) is 1.04. The van der Waals surface area contributed by atoms with Crippen molar-refractivity contribution in [3.05, 3.63) is 40.2 Å². The van der Waals surface area contributed by atoms with Crippen LogP contribution >= 0.6 is 0 Å². The molecule has 1 aliphatic heterocycles. The highest BCUT2D eigenvalue weighted by molar-refractivity contribution is 5.61. The van der Waals surface area contributed by atoms with Gasteiger partial charge in [-0.2, -0.15) is 10.5 Å². The van der Waals surface area contributed by atoms with Crippen LogP contribution in [0.25, 0.3) is 0 Å². The third-order valence-corrected chi connectivity index (χ3v) is 4.05. The van der Waals surface area contributed by atoms with Gasteiger partial charge in [0.2, 0.25) is 0 Å². The molecule has 1 aromatic carbocycles. The molecular formula is C18H19N3O3. The minimum Gasteiger partial charge on any atom is -0.496 e. The lowest BCUT2D eigenvalue weighted by atomic mass is 9.81. The van der Waals surface area contributed by atoms with Crippen LogP contribution in [0.2, 0.25) is 0 Å². The van der Waals surface area contributed by atoms with Crippen LogP contribution in [0.15, 0.2) is 34.7 Å². The lowest BCUT2D eigenvalue weighted by molar-refractivity contribution is 0.347. The maximum absolute atomic E-state index is 9.61. The third-order valence-electron chi connectivity index (χ3n) is 4.05. The van der Waals surface area contributed by atoms with Crippen LogP contribution in [-0.2, 0) is 0 Å². The number of allylic oxidation sites excluding steroid dienone is 4. The molecule has 1 aromatic rings. The zero-order chi connectivity index (χ0) is 17.9. The first-order valence-corrected chi connectivity index (χ1v) is 7.31. The fourth-order valence-electron chi connectivity index (χ4n) is 2.88. The van der Waals surface area contributed by atoms with Gasteiger partial charge in [0.05, 0.1) is 50.5 Å². The number of ether oxygens (including phenoxy) is 3. The number of nitrogens with zero attached hydrogens (tertiary/aromatic N) is 2. The number of benzene rings is 1. The van der Waals surface area contributed by atoms with E-state index in [1.54, 1.807) is 12.1 Å². The Morgan fingerprint density at radius 2 is 1.29 bits per heavy atom. The molecule has 2 rings (SSSR count). The van der Waals surface area contributed by atoms with Gasteiger partial charge in [-0.15, -0.1) is 0 Å². The highest BCUT2D eigenvalue weighted by atomic mass is 16.5. The van der Waals surface area contributed by atoms with Gasteiger partial charge in [0.25, 0.3) is 0 Å². The molecule has 0 amide bonds. The Balaban J connectivity index is 2.78. The summed E-state index contributed by atoms with van der Waals surface area (Å²) < 4.78 is 16.1. The van der Waals surface area contributed by atoms with E-state index < -0.39 is 5.92 Å². The molecule has 0 aromatic heterocycles. The first-order chi connectivity index (χ1) is 11.5. The number of hydrogen-bond donors (Lipinski definition) is 1. The molecule has 1 heterocycles. The zero-order valence-electron chi connectivity index (χ0n) is 14.4. The van der Waals surface area contributed by atoms with Crippen LogP contribution in [0, 0.1) is 22.7 Å². The molecular weight excluding hydrogens is 306 g/mol. The number of nitrogens with one attached hydrogen (secondary N) is 1. The summed E-state index contributed by atoms with van der Waals surface area (Å²) in [5, 5.41) is 22.3. The number of rotatable bonds is 4. The molecule has 0 aliphatic carbocycles. The van der Waals surface area contributed by atoms with Crippen molar-refractivity contribution >= 4 is 0 Å². The lowest BCUT2D eigenvalue weighted by Gasteiger charge is -2.27. The van der Waals surface area contributed by atoms with Gasteiger partial charge in [-0.1, -0.05) is 0 Å². The summed E-state index contributed by atoms with van der Waals surface area (Å²) >= 11 is 0. The Kier molecular flexibility index (Phi) is 5.01. The van der Waals surface area contributed by atoms with Crippen LogP contribution in [0.3, 0.4) is 0 Å². The van der Waals surface area contributed by atoms with E-state index in [2.05, 4.69) is 17.5 Å². The van der Waals surface area contributed by atoms with Crippen molar-refractivity contribution < 1.29 is 14.2 Å². The van der Waals surface area contributed by atoms with Gasteiger partial charge in [0.15, 0.2) is 11.5 Å². The van der Waals surface area contributed by atoms with Gasteiger partial charge in [0.1, 0.15) is 5.75 Å². The van der Waals surface area contributed by atoms with Crippen LogP contribution in [-0.4, -0.2) is 21.3 Å². The van der Waals surface area contributed by atoms with Crippen molar-refractivity contribution in [3.8, 4) is 29.4 Å². The second-order valence-electron chi connectivity index (χ2n) is 5.31. The summed E-state index contributed by atoms with van der Waals surface area (Å²) in [6.45, 7) is 3.63. The fraction of sp³-hybridized carbons (Fsp3) is 0.333. The first-order valence-electron chi connectivity index (χ1n) is 7.31. The van der Waals surface area contributed by atoms with E-state index in [-0.39, 0.29) is 0 Å². The van der Waals surface area contributed by atoms with Crippen molar-refractivity contribution in [3.63, 3.8) is 0 Å². The molecule has 0 spiro atoms. The van der Waals surface area contributed by atoms with Crippen molar-refractivity contribution in [1.29, 1.82) is 10.5 Å². The van der Waals surface area contributed by atoms with Gasteiger partial charge in [-0.05, 0) is 19.9 Å². The molecule has 1 N–H and O–H groups in total. The quantitative estimate of drug-likeness (QED) is 0.915. The SMILES string of the molecule is COc1cc(OC)c(C2C(C#N)=C(C)NC(C)=C2C#N)cc1OC. The van der Waals surface area contributed by atoms with E-state index in [0.717, 1.165) is 11.4 Å². The molecule has 1 aliphatic rings. The van der Waals surface area contributed by atoms with E-state index in [4.69, 9.17) is 14.2 Å². The van der Waals surface area contributed by atoms with E-state index in [9.17, 15) is 10.5 Å². The summed E-state index contributed by atoms with van der Waals surface area (Å²) in [6, 6.07) is 7.87. The van der Waals surface area contributed by atoms with Gasteiger partial charge in [0, 0.05) is 23.0 Å². The average molecular weight is 325 g/mol. The van der Waals surface area contributed by atoms with Crippen LogP contribution < -0.4 is 19.5 Å². The molecule has 0 atom stereocenters. The summed E-state index contributed by atoms with van der Waals surface area (Å²) in [6.07, 6.45) is 0. The molecule has 6 nitrogen and oxygen atoms in total. The summed E-state index contributed by atoms with van der Waals surface area (Å²) in [5.41, 5.74) is 3.07. The van der Waals surface area contributed by atoms with Crippen molar-refractivity contribution in [2.75, 3.05) is 21.3 Å². The Labute approximate surface area is 141 Å². The largest absolute Gasteiger partial charge is 0.496 e. The number of methoxy groups -OCH3 is 3. The molecule has 124 valence electrons. The molecule has 0 saturated carbocycles. The topological polar surface area (TPSA) is 87.3 Å². The second-order valence-corrected chi connectivity index (χ2v) is 5.31. The molecule has 24 heavy (non-hydrogen) atoms. The highest BCUT2D eigenvalue weighted by Crippen LogP contribution is 2.45. The van der Waals surface area contributed by atoms with Crippen LogP contribution in [0.5, 0.6) is 17.2 Å². The molecule has 0 saturated heterocycles. The van der Waals surface area contributed by atoms with E-state index >= 15 is 0 Å². The predicted molar refractivity (Wildman–Crippen MR) is 88.6 cm³/mol. The van der Waals surface area contributed by atoms with E-state index in [0.29, 0.717) is 34.0 Å². The fourth-order valence-corrected chi connectivity index (χ4v) is 2.88. The molecule has 6 heteroatoms.